The standard InChI is InChI=1S/C24H26ClFN2O2S2/c1-15-24(31-23(27-15)12-16-6-4-3-5-7-16)17-8-11-21(30-2)22(13-17)32(29)28-18-9-10-19(25)20(26)14-18/h8-11,13-14,16,28H,3-7,12H2,1-2H3. The summed E-state index contributed by atoms with van der Waals surface area (Å²) in [6.45, 7) is 2.02. The van der Waals surface area contributed by atoms with Crippen molar-refractivity contribution in [1.82, 2.24) is 4.98 Å². The van der Waals surface area contributed by atoms with Crippen molar-refractivity contribution < 1.29 is 13.3 Å². The van der Waals surface area contributed by atoms with E-state index in [0.29, 0.717) is 16.3 Å². The van der Waals surface area contributed by atoms with Crippen LogP contribution < -0.4 is 9.46 Å². The van der Waals surface area contributed by atoms with Crippen molar-refractivity contribution in [3.8, 4) is 16.2 Å². The molecule has 0 radical (unpaired) electrons. The third-order valence-electron chi connectivity index (χ3n) is 5.78. The number of rotatable bonds is 7. The summed E-state index contributed by atoms with van der Waals surface area (Å²) >= 11 is 7.46. The van der Waals surface area contributed by atoms with E-state index >= 15 is 0 Å². The van der Waals surface area contributed by atoms with Crippen LogP contribution in [0.4, 0.5) is 10.1 Å². The van der Waals surface area contributed by atoms with Crippen molar-refractivity contribution in [1.29, 1.82) is 0 Å². The fourth-order valence-electron chi connectivity index (χ4n) is 4.13. The molecule has 0 aliphatic heterocycles. The highest BCUT2D eigenvalue weighted by molar-refractivity contribution is 7.86. The highest BCUT2D eigenvalue weighted by Gasteiger charge is 2.19. The minimum atomic E-state index is -1.65. The molecule has 0 amide bonds. The molecule has 0 spiro atoms. The molecule has 4 rings (SSSR count). The van der Waals surface area contributed by atoms with E-state index in [0.717, 1.165) is 33.5 Å². The Balaban J connectivity index is 1.58. The topological polar surface area (TPSA) is 51.2 Å². The molecule has 170 valence electrons. The van der Waals surface area contributed by atoms with Gasteiger partial charge in [-0.2, -0.15) is 0 Å². The lowest BCUT2D eigenvalue weighted by Gasteiger charge is -2.20. The summed E-state index contributed by atoms with van der Waals surface area (Å²) in [4.78, 5) is 6.39. The Morgan fingerprint density at radius 3 is 2.72 bits per heavy atom. The molecule has 1 unspecified atom stereocenters. The second kappa shape index (κ2) is 10.3. The Bertz CT molecular complexity index is 1130. The largest absolute Gasteiger partial charge is 0.495 e. The van der Waals surface area contributed by atoms with Gasteiger partial charge in [-0.1, -0.05) is 43.7 Å². The lowest BCUT2D eigenvalue weighted by atomic mass is 9.87. The smallest absolute Gasteiger partial charge is 0.154 e. The molecule has 8 heteroatoms. The average Bonchev–Trinajstić information content (AvgIpc) is 3.16. The van der Waals surface area contributed by atoms with Crippen LogP contribution in [0.2, 0.25) is 5.02 Å². The minimum Gasteiger partial charge on any atom is -0.495 e. The number of benzene rings is 2. The van der Waals surface area contributed by atoms with Crippen molar-refractivity contribution >= 4 is 39.6 Å². The normalized spacial score (nSPS) is 15.5. The Hall–Kier alpha value is -1.96. The van der Waals surface area contributed by atoms with Gasteiger partial charge in [0.25, 0.3) is 0 Å². The fraction of sp³-hybridized carbons (Fsp3) is 0.375. The van der Waals surface area contributed by atoms with Gasteiger partial charge in [0.2, 0.25) is 0 Å². The molecule has 1 fully saturated rings. The summed E-state index contributed by atoms with van der Waals surface area (Å²) in [6.07, 6.45) is 7.60. The maximum Gasteiger partial charge on any atom is 0.154 e. The van der Waals surface area contributed by atoms with E-state index in [-0.39, 0.29) is 5.02 Å². The van der Waals surface area contributed by atoms with Crippen LogP contribution >= 0.6 is 22.9 Å². The highest BCUT2D eigenvalue weighted by atomic mass is 35.5. The van der Waals surface area contributed by atoms with Crippen molar-refractivity contribution in [2.45, 2.75) is 50.3 Å². The SMILES string of the molecule is COc1ccc(-c2sc(CC3CCCCC3)nc2C)cc1S(=O)Nc1ccc(Cl)c(F)c1. The quantitative estimate of drug-likeness (QED) is 0.380. The molecule has 0 bridgehead atoms. The molecular formula is C24H26ClFN2O2S2. The Morgan fingerprint density at radius 1 is 1.22 bits per heavy atom. The lowest BCUT2D eigenvalue weighted by molar-refractivity contribution is 0.356. The summed E-state index contributed by atoms with van der Waals surface area (Å²) < 4.78 is 35.1. The Morgan fingerprint density at radius 2 is 2.00 bits per heavy atom. The number of methoxy groups -OCH3 is 1. The number of aromatic nitrogens is 1. The average molecular weight is 493 g/mol. The number of aryl methyl sites for hydroxylation is 1. The minimum absolute atomic E-state index is 0.0191. The number of anilines is 1. The van der Waals surface area contributed by atoms with Gasteiger partial charge in [0.15, 0.2) is 11.0 Å². The summed E-state index contributed by atoms with van der Waals surface area (Å²) in [5, 5.41) is 1.18. The summed E-state index contributed by atoms with van der Waals surface area (Å²) in [5.41, 5.74) is 2.31. The molecular weight excluding hydrogens is 467 g/mol. The van der Waals surface area contributed by atoms with E-state index < -0.39 is 16.8 Å². The monoisotopic (exact) mass is 492 g/mol. The van der Waals surface area contributed by atoms with Crippen LogP contribution in [0.5, 0.6) is 5.75 Å². The van der Waals surface area contributed by atoms with Crippen molar-refractivity contribution in [3.05, 3.63) is 57.9 Å². The first kappa shape index (κ1) is 23.2. The summed E-state index contributed by atoms with van der Waals surface area (Å²) in [6, 6.07) is 9.88. The number of hydrogen-bond donors (Lipinski definition) is 1. The van der Waals surface area contributed by atoms with Gasteiger partial charge in [-0.3, -0.25) is 0 Å². The van der Waals surface area contributed by atoms with Crippen LogP contribution in [0.3, 0.4) is 0 Å². The predicted molar refractivity (Wildman–Crippen MR) is 131 cm³/mol. The number of halogens is 2. The molecule has 1 atom stereocenters. The van der Waals surface area contributed by atoms with Gasteiger partial charge in [0, 0.05) is 12.1 Å². The first-order chi connectivity index (χ1) is 15.4. The van der Waals surface area contributed by atoms with Gasteiger partial charge < -0.3 is 9.46 Å². The van der Waals surface area contributed by atoms with Gasteiger partial charge in [-0.15, -0.1) is 11.3 Å². The number of hydrogen-bond acceptors (Lipinski definition) is 4. The van der Waals surface area contributed by atoms with E-state index in [9.17, 15) is 8.60 Å². The van der Waals surface area contributed by atoms with Crippen LogP contribution in [0.25, 0.3) is 10.4 Å². The maximum absolute atomic E-state index is 13.8. The molecule has 0 saturated heterocycles. The van der Waals surface area contributed by atoms with E-state index in [4.69, 9.17) is 21.3 Å². The molecule has 1 aliphatic rings. The van der Waals surface area contributed by atoms with Crippen molar-refractivity contribution in [2.24, 2.45) is 5.92 Å². The molecule has 1 aliphatic carbocycles. The maximum atomic E-state index is 13.8. The van der Waals surface area contributed by atoms with E-state index in [2.05, 4.69) is 4.72 Å². The van der Waals surface area contributed by atoms with Crippen LogP contribution in [0.15, 0.2) is 41.3 Å². The zero-order valence-electron chi connectivity index (χ0n) is 18.1. The van der Waals surface area contributed by atoms with Gasteiger partial charge in [-0.05, 0) is 54.8 Å². The number of nitrogens with zero attached hydrogens (tertiary/aromatic N) is 1. The van der Waals surface area contributed by atoms with Crippen LogP contribution in [0.1, 0.15) is 42.8 Å². The number of ether oxygens (including phenoxy) is 1. The number of nitrogens with one attached hydrogen (secondary N) is 1. The molecule has 1 aromatic heterocycles. The second-order valence-electron chi connectivity index (χ2n) is 8.10. The Kier molecular flexibility index (Phi) is 7.48. The summed E-state index contributed by atoms with van der Waals surface area (Å²) in [5.74, 6) is 0.656. The van der Waals surface area contributed by atoms with Crippen molar-refractivity contribution in [3.63, 3.8) is 0 Å². The Labute approximate surface area is 199 Å². The van der Waals surface area contributed by atoms with Crippen LogP contribution in [-0.2, 0) is 17.4 Å². The molecule has 3 aromatic rings. The number of thiazole rings is 1. The molecule has 1 heterocycles. The van der Waals surface area contributed by atoms with Gasteiger partial charge in [0.1, 0.15) is 16.5 Å². The highest BCUT2D eigenvalue weighted by Crippen LogP contribution is 2.36. The van der Waals surface area contributed by atoms with E-state index in [1.54, 1.807) is 17.4 Å². The van der Waals surface area contributed by atoms with Gasteiger partial charge >= 0.3 is 0 Å². The molecule has 32 heavy (non-hydrogen) atoms. The zero-order valence-corrected chi connectivity index (χ0v) is 20.5. The predicted octanol–water partition coefficient (Wildman–Crippen LogP) is 7.18. The van der Waals surface area contributed by atoms with Gasteiger partial charge in [0.05, 0.1) is 27.7 Å². The molecule has 4 nitrogen and oxygen atoms in total. The third-order valence-corrected chi connectivity index (χ3v) is 8.46. The van der Waals surface area contributed by atoms with Crippen LogP contribution in [-0.4, -0.2) is 16.3 Å². The zero-order chi connectivity index (χ0) is 22.7. The third kappa shape index (κ3) is 5.33. The summed E-state index contributed by atoms with van der Waals surface area (Å²) in [7, 11) is -0.111. The molecule has 1 N–H and O–H groups in total. The van der Waals surface area contributed by atoms with Gasteiger partial charge in [-0.25, -0.2) is 13.6 Å². The molecule has 1 saturated carbocycles. The van der Waals surface area contributed by atoms with Crippen molar-refractivity contribution in [2.75, 3.05) is 11.8 Å². The van der Waals surface area contributed by atoms with Crippen LogP contribution in [0, 0.1) is 18.7 Å². The fourth-order valence-corrected chi connectivity index (χ4v) is 6.44. The molecule has 2 aromatic carbocycles. The first-order valence-electron chi connectivity index (χ1n) is 10.7. The van der Waals surface area contributed by atoms with E-state index in [1.165, 1.54) is 51.3 Å². The van der Waals surface area contributed by atoms with E-state index in [1.807, 2.05) is 25.1 Å². The lowest BCUT2D eigenvalue weighted by Crippen LogP contribution is -2.08. The first-order valence-corrected chi connectivity index (χ1v) is 13.1. The second-order valence-corrected chi connectivity index (χ2v) is 10.8.